The van der Waals surface area contributed by atoms with Crippen LogP contribution in [0.3, 0.4) is 0 Å². The van der Waals surface area contributed by atoms with E-state index < -0.39 is 11.7 Å². The van der Waals surface area contributed by atoms with E-state index in [0.717, 1.165) is 23.5 Å². The minimum absolute atomic E-state index is 0.204. The number of nitrogens with zero attached hydrogens (tertiary/aromatic N) is 4. The zero-order valence-corrected chi connectivity index (χ0v) is 12.2. The first-order valence-electron chi connectivity index (χ1n) is 6.61. The fraction of sp³-hybridized carbons (Fsp3) is 0.267. The van der Waals surface area contributed by atoms with Crippen LogP contribution in [0.1, 0.15) is 16.8 Å². The van der Waals surface area contributed by atoms with Gasteiger partial charge in [0.15, 0.2) is 11.5 Å². The number of fused-ring (bicyclic) bond motifs is 1. The average Bonchev–Trinajstić information content (AvgIpc) is 2.77. The molecule has 114 valence electrons. The predicted octanol–water partition coefficient (Wildman–Crippen LogP) is 3.67. The van der Waals surface area contributed by atoms with Crippen LogP contribution in [0.2, 0.25) is 0 Å². The van der Waals surface area contributed by atoms with E-state index in [9.17, 15) is 13.2 Å². The Morgan fingerprint density at radius 2 is 1.82 bits per heavy atom. The van der Waals surface area contributed by atoms with Gasteiger partial charge in [0.25, 0.3) is 0 Å². The molecule has 4 nitrogen and oxygen atoms in total. The minimum Gasteiger partial charge on any atom is -0.311 e. The number of halogens is 3. The molecule has 0 bridgehead atoms. The molecule has 0 spiro atoms. The molecule has 0 fully saturated rings. The van der Waals surface area contributed by atoms with Crippen LogP contribution in [-0.2, 0) is 13.2 Å². The Bertz CT molecular complexity index is 865. The van der Waals surface area contributed by atoms with Gasteiger partial charge in [0, 0.05) is 18.9 Å². The van der Waals surface area contributed by atoms with E-state index in [2.05, 4.69) is 15.0 Å². The number of hydrogen-bond donors (Lipinski definition) is 0. The highest BCUT2D eigenvalue weighted by Gasteiger charge is 2.31. The second-order valence-corrected chi connectivity index (χ2v) is 5.18. The Labute approximate surface area is 124 Å². The average molecular weight is 306 g/mol. The van der Waals surface area contributed by atoms with Crippen molar-refractivity contribution < 1.29 is 13.2 Å². The third-order valence-corrected chi connectivity index (χ3v) is 3.48. The van der Waals surface area contributed by atoms with Crippen LogP contribution in [0.4, 0.5) is 13.2 Å². The van der Waals surface area contributed by atoms with Crippen LogP contribution in [-0.4, -0.2) is 19.5 Å². The second-order valence-electron chi connectivity index (χ2n) is 5.18. The van der Waals surface area contributed by atoms with Crippen LogP contribution in [0.25, 0.3) is 22.7 Å². The largest absolute Gasteiger partial charge is 0.417 e. The first-order valence-corrected chi connectivity index (χ1v) is 6.61. The summed E-state index contributed by atoms with van der Waals surface area (Å²) in [5.41, 5.74) is 2.16. The molecule has 3 aromatic heterocycles. The van der Waals surface area contributed by atoms with Gasteiger partial charge in [0.2, 0.25) is 0 Å². The molecule has 3 aromatic rings. The van der Waals surface area contributed by atoms with E-state index in [1.165, 1.54) is 0 Å². The van der Waals surface area contributed by atoms with E-state index in [0.29, 0.717) is 17.2 Å². The molecule has 0 aliphatic carbocycles. The highest BCUT2D eigenvalue weighted by atomic mass is 19.4. The molecule has 0 saturated carbocycles. The predicted molar refractivity (Wildman–Crippen MR) is 76.2 cm³/mol. The smallest absolute Gasteiger partial charge is 0.311 e. The number of pyridine rings is 2. The standard InChI is InChI=1S/C15H13F3N4/c1-8-4-5-9(2)20-12(8)14-21-11-6-10(15(16,17)18)7-19-13(11)22(14)3/h4-7H,1-3H3. The normalized spacial score (nSPS) is 12.1. The molecule has 3 heterocycles. The molecular weight excluding hydrogens is 293 g/mol. The number of aryl methyl sites for hydroxylation is 3. The third kappa shape index (κ3) is 2.32. The van der Waals surface area contributed by atoms with Crippen molar-refractivity contribution in [3.63, 3.8) is 0 Å². The van der Waals surface area contributed by atoms with E-state index in [1.807, 2.05) is 26.0 Å². The van der Waals surface area contributed by atoms with Crippen molar-refractivity contribution in [2.24, 2.45) is 7.05 Å². The van der Waals surface area contributed by atoms with Gasteiger partial charge in [0.1, 0.15) is 11.2 Å². The SMILES string of the molecule is Cc1ccc(C)c(-c2nc3cc(C(F)(F)F)cnc3n2C)n1. The van der Waals surface area contributed by atoms with E-state index >= 15 is 0 Å². The Morgan fingerprint density at radius 3 is 2.50 bits per heavy atom. The fourth-order valence-corrected chi connectivity index (χ4v) is 2.30. The van der Waals surface area contributed by atoms with Crippen LogP contribution >= 0.6 is 0 Å². The Balaban J connectivity index is 2.24. The van der Waals surface area contributed by atoms with Gasteiger partial charge >= 0.3 is 6.18 Å². The maximum atomic E-state index is 12.8. The molecule has 0 aliphatic rings. The van der Waals surface area contributed by atoms with Crippen molar-refractivity contribution >= 4 is 11.2 Å². The molecule has 22 heavy (non-hydrogen) atoms. The van der Waals surface area contributed by atoms with Gasteiger partial charge in [0.05, 0.1) is 5.56 Å². The fourth-order valence-electron chi connectivity index (χ4n) is 2.30. The van der Waals surface area contributed by atoms with Gasteiger partial charge in [-0.05, 0) is 31.5 Å². The molecule has 0 aromatic carbocycles. The zero-order valence-electron chi connectivity index (χ0n) is 12.2. The summed E-state index contributed by atoms with van der Waals surface area (Å²) in [4.78, 5) is 12.6. The lowest BCUT2D eigenvalue weighted by atomic mass is 10.2. The highest BCUT2D eigenvalue weighted by Crippen LogP contribution is 2.31. The lowest BCUT2D eigenvalue weighted by Crippen LogP contribution is -2.05. The number of rotatable bonds is 1. The van der Waals surface area contributed by atoms with Crippen LogP contribution in [0.5, 0.6) is 0 Å². The zero-order chi connectivity index (χ0) is 16.1. The van der Waals surface area contributed by atoms with Crippen molar-refractivity contribution in [1.29, 1.82) is 0 Å². The summed E-state index contributed by atoms with van der Waals surface area (Å²) in [6.45, 7) is 3.74. The summed E-state index contributed by atoms with van der Waals surface area (Å²) in [7, 11) is 1.72. The molecule has 0 radical (unpaired) electrons. The number of hydrogen-bond acceptors (Lipinski definition) is 3. The van der Waals surface area contributed by atoms with Gasteiger partial charge in [-0.1, -0.05) is 6.07 Å². The molecular formula is C15H13F3N4. The van der Waals surface area contributed by atoms with Crippen LogP contribution in [0, 0.1) is 13.8 Å². The minimum atomic E-state index is -4.43. The number of imidazole rings is 1. The quantitative estimate of drug-likeness (QED) is 0.689. The molecule has 0 N–H and O–H groups in total. The maximum Gasteiger partial charge on any atom is 0.417 e. The molecule has 0 saturated heterocycles. The first-order chi connectivity index (χ1) is 10.3. The van der Waals surface area contributed by atoms with Crippen LogP contribution < -0.4 is 0 Å². The van der Waals surface area contributed by atoms with Crippen molar-refractivity contribution in [2.75, 3.05) is 0 Å². The Kier molecular flexibility index (Phi) is 3.16. The maximum absolute atomic E-state index is 12.8. The number of alkyl halides is 3. The molecule has 0 atom stereocenters. The summed E-state index contributed by atoms with van der Waals surface area (Å²) < 4.78 is 40.0. The summed E-state index contributed by atoms with van der Waals surface area (Å²) in [6.07, 6.45) is -3.61. The van der Waals surface area contributed by atoms with Crippen LogP contribution in [0.15, 0.2) is 24.4 Å². The third-order valence-electron chi connectivity index (χ3n) is 3.48. The second kappa shape index (κ2) is 4.79. The summed E-state index contributed by atoms with van der Waals surface area (Å²) in [5, 5.41) is 0. The number of aromatic nitrogens is 4. The van der Waals surface area contributed by atoms with Crippen molar-refractivity contribution in [2.45, 2.75) is 20.0 Å². The Hall–Kier alpha value is -2.44. The van der Waals surface area contributed by atoms with Gasteiger partial charge in [-0.3, -0.25) is 0 Å². The Morgan fingerprint density at radius 1 is 1.09 bits per heavy atom. The highest BCUT2D eigenvalue weighted by molar-refractivity contribution is 5.77. The lowest BCUT2D eigenvalue weighted by Gasteiger charge is -2.06. The molecule has 0 aliphatic heterocycles. The lowest BCUT2D eigenvalue weighted by molar-refractivity contribution is -0.137. The summed E-state index contributed by atoms with van der Waals surface area (Å²) in [5.74, 6) is 0.503. The van der Waals surface area contributed by atoms with Crippen molar-refractivity contribution in [1.82, 2.24) is 19.5 Å². The van der Waals surface area contributed by atoms with E-state index in [1.54, 1.807) is 11.6 Å². The molecule has 7 heteroatoms. The monoisotopic (exact) mass is 306 g/mol. The summed E-state index contributed by atoms with van der Waals surface area (Å²) in [6, 6.07) is 4.80. The van der Waals surface area contributed by atoms with Gasteiger partial charge in [-0.15, -0.1) is 0 Å². The first kappa shape index (κ1) is 14.5. The van der Waals surface area contributed by atoms with E-state index in [-0.39, 0.29) is 5.52 Å². The van der Waals surface area contributed by atoms with E-state index in [4.69, 9.17) is 0 Å². The molecule has 0 amide bonds. The van der Waals surface area contributed by atoms with Gasteiger partial charge < -0.3 is 4.57 Å². The van der Waals surface area contributed by atoms with Gasteiger partial charge in [-0.2, -0.15) is 13.2 Å². The van der Waals surface area contributed by atoms with Gasteiger partial charge in [-0.25, -0.2) is 15.0 Å². The topological polar surface area (TPSA) is 43.6 Å². The molecule has 0 unspecified atom stereocenters. The van der Waals surface area contributed by atoms with Crippen molar-refractivity contribution in [3.8, 4) is 11.5 Å². The molecule has 3 rings (SSSR count). The van der Waals surface area contributed by atoms with Crippen molar-refractivity contribution in [3.05, 3.63) is 41.2 Å². The summed E-state index contributed by atoms with van der Waals surface area (Å²) >= 11 is 0.